The van der Waals surface area contributed by atoms with Gasteiger partial charge in [0.2, 0.25) is 0 Å². The molecule has 0 aliphatic carbocycles. The molecule has 0 saturated carbocycles. The molecule has 1 aromatic heterocycles. The minimum Gasteiger partial charge on any atom is -0.465 e. The first kappa shape index (κ1) is 12.9. The van der Waals surface area contributed by atoms with E-state index in [1.807, 2.05) is 0 Å². The molecule has 0 spiro atoms. The number of carbonyl (C=O) groups excluding carboxylic acids is 1. The Morgan fingerprint density at radius 2 is 2.24 bits per heavy atom. The summed E-state index contributed by atoms with van der Waals surface area (Å²) >= 11 is 0. The SMILES string of the molecule is C[C@@H](O)CNC(=O)c1cc(NC(=O)O)ccn1. The second kappa shape index (κ2) is 5.80. The fourth-order valence-electron chi connectivity index (χ4n) is 1.09. The molecule has 17 heavy (non-hydrogen) atoms. The summed E-state index contributed by atoms with van der Waals surface area (Å²) in [5.74, 6) is -0.472. The van der Waals surface area contributed by atoms with Crippen LogP contribution in [0.2, 0.25) is 0 Å². The van der Waals surface area contributed by atoms with Crippen LogP contribution in [0.15, 0.2) is 18.3 Å². The first-order valence-electron chi connectivity index (χ1n) is 4.91. The number of carbonyl (C=O) groups is 2. The highest BCUT2D eigenvalue weighted by molar-refractivity contribution is 5.94. The zero-order chi connectivity index (χ0) is 12.8. The van der Waals surface area contributed by atoms with E-state index in [-0.39, 0.29) is 17.9 Å². The van der Waals surface area contributed by atoms with Gasteiger partial charge in [-0.1, -0.05) is 0 Å². The van der Waals surface area contributed by atoms with Crippen LogP contribution in [0.3, 0.4) is 0 Å². The fourth-order valence-corrected chi connectivity index (χ4v) is 1.09. The lowest BCUT2D eigenvalue weighted by Crippen LogP contribution is -2.31. The van der Waals surface area contributed by atoms with Crippen molar-refractivity contribution in [2.75, 3.05) is 11.9 Å². The largest absolute Gasteiger partial charge is 0.465 e. The number of anilines is 1. The molecule has 0 bridgehead atoms. The van der Waals surface area contributed by atoms with Gasteiger partial charge in [-0.15, -0.1) is 0 Å². The summed E-state index contributed by atoms with van der Waals surface area (Å²) in [7, 11) is 0. The number of pyridine rings is 1. The third kappa shape index (κ3) is 4.47. The van der Waals surface area contributed by atoms with Crippen molar-refractivity contribution in [3.05, 3.63) is 24.0 Å². The van der Waals surface area contributed by atoms with Crippen LogP contribution < -0.4 is 10.6 Å². The molecule has 0 aliphatic heterocycles. The summed E-state index contributed by atoms with van der Waals surface area (Å²) in [5.41, 5.74) is 0.339. The summed E-state index contributed by atoms with van der Waals surface area (Å²) < 4.78 is 0. The van der Waals surface area contributed by atoms with Crippen molar-refractivity contribution in [1.29, 1.82) is 0 Å². The van der Waals surface area contributed by atoms with Crippen molar-refractivity contribution >= 4 is 17.7 Å². The van der Waals surface area contributed by atoms with Crippen LogP contribution in [0.25, 0.3) is 0 Å². The maximum absolute atomic E-state index is 11.5. The first-order chi connectivity index (χ1) is 7.99. The third-order valence-corrected chi connectivity index (χ3v) is 1.80. The molecule has 92 valence electrons. The summed E-state index contributed by atoms with van der Waals surface area (Å²) in [5, 5.41) is 22.1. The van der Waals surface area contributed by atoms with E-state index in [1.165, 1.54) is 25.3 Å². The first-order valence-corrected chi connectivity index (χ1v) is 4.91. The van der Waals surface area contributed by atoms with Crippen molar-refractivity contribution in [2.45, 2.75) is 13.0 Å². The quantitative estimate of drug-likeness (QED) is 0.603. The molecule has 1 aromatic rings. The van der Waals surface area contributed by atoms with Gasteiger partial charge in [0.25, 0.3) is 5.91 Å². The number of nitrogens with one attached hydrogen (secondary N) is 2. The van der Waals surface area contributed by atoms with E-state index < -0.39 is 18.1 Å². The highest BCUT2D eigenvalue weighted by Gasteiger charge is 2.09. The second-order valence-corrected chi connectivity index (χ2v) is 3.42. The summed E-state index contributed by atoms with van der Waals surface area (Å²) in [6, 6.07) is 2.74. The minimum atomic E-state index is -1.22. The van der Waals surface area contributed by atoms with Crippen LogP contribution in [0, 0.1) is 0 Å². The lowest BCUT2D eigenvalue weighted by atomic mass is 10.3. The molecular formula is C10H13N3O4. The number of hydrogen-bond acceptors (Lipinski definition) is 4. The average Bonchev–Trinajstić information content (AvgIpc) is 2.25. The number of aliphatic hydroxyl groups is 1. The van der Waals surface area contributed by atoms with E-state index in [1.54, 1.807) is 0 Å². The highest BCUT2D eigenvalue weighted by Crippen LogP contribution is 2.07. The summed E-state index contributed by atoms with van der Waals surface area (Å²) in [6.07, 6.45) is -0.548. The Morgan fingerprint density at radius 3 is 2.82 bits per heavy atom. The Labute approximate surface area is 97.5 Å². The fraction of sp³-hybridized carbons (Fsp3) is 0.300. The second-order valence-electron chi connectivity index (χ2n) is 3.42. The van der Waals surface area contributed by atoms with Gasteiger partial charge in [0, 0.05) is 18.4 Å². The van der Waals surface area contributed by atoms with Crippen LogP contribution in [0.5, 0.6) is 0 Å². The van der Waals surface area contributed by atoms with Crippen LogP contribution in [0.4, 0.5) is 10.5 Å². The van der Waals surface area contributed by atoms with Gasteiger partial charge in [-0.25, -0.2) is 4.79 Å². The Morgan fingerprint density at radius 1 is 1.53 bits per heavy atom. The molecule has 0 radical (unpaired) electrons. The Hall–Kier alpha value is -2.15. The van der Waals surface area contributed by atoms with E-state index >= 15 is 0 Å². The number of carboxylic acid groups (broad SMARTS) is 1. The summed E-state index contributed by atoms with van der Waals surface area (Å²) in [6.45, 7) is 1.65. The summed E-state index contributed by atoms with van der Waals surface area (Å²) in [4.78, 5) is 25.7. The van der Waals surface area contributed by atoms with E-state index in [9.17, 15) is 9.59 Å². The number of amides is 2. The third-order valence-electron chi connectivity index (χ3n) is 1.80. The lowest BCUT2D eigenvalue weighted by Gasteiger charge is -2.07. The molecule has 0 saturated heterocycles. The lowest BCUT2D eigenvalue weighted by molar-refractivity contribution is 0.0919. The van der Waals surface area contributed by atoms with Gasteiger partial charge < -0.3 is 15.5 Å². The van der Waals surface area contributed by atoms with E-state index in [2.05, 4.69) is 15.6 Å². The molecule has 7 nitrogen and oxygen atoms in total. The van der Waals surface area contributed by atoms with Gasteiger partial charge in [-0.3, -0.25) is 15.1 Å². The monoisotopic (exact) mass is 239 g/mol. The molecule has 0 unspecified atom stereocenters. The van der Waals surface area contributed by atoms with Gasteiger partial charge in [-0.05, 0) is 19.1 Å². The topological polar surface area (TPSA) is 112 Å². The average molecular weight is 239 g/mol. The van der Waals surface area contributed by atoms with Crippen molar-refractivity contribution in [3.63, 3.8) is 0 Å². The smallest absolute Gasteiger partial charge is 0.409 e. The highest BCUT2D eigenvalue weighted by atomic mass is 16.4. The number of nitrogens with zero attached hydrogens (tertiary/aromatic N) is 1. The number of hydrogen-bond donors (Lipinski definition) is 4. The molecule has 1 heterocycles. The van der Waals surface area contributed by atoms with Crippen LogP contribution in [0.1, 0.15) is 17.4 Å². The molecule has 0 fully saturated rings. The van der Waals surface area contributed by atoms with Gasteiger partial charge in [-0.2, -0.15) is 0 Å². The minimum absolute atomic E-state index is 0.0805. The van der Waals surface area contributed by atoms with Crippen LogP contribution >= 0.6 is 0 Å². The van der Waals surface area contributed by atoms with Crippen molar-refractivity contribution in [1.82, 2.24) is 10.3 Å². The van der Waals surface area contributed by atoms with Crippen molar-refractivity contribution in [2.24, 2.45) is 0 Å². The molecule has 0 aliphatic rings. The Kier molecular flexibility index (Phi) is 4.41. The predicted octanol–water partition coefficient (Wildman–Crippen LogP) is 0.282. The molecule has 4 N–H and O–H groups in total. The molecule has 7 heteroatoms. The van der Waals surface area contributed by atoms with Gasteiger partial charge in [0.05, 0.1) is 6.10 Å². The number of aliphatic hydroxyl groups excluding tert-OH is 1. The van der Waals surface area contributed by atoms with E-state index in [0.717, 1.165) is 0 Å². The molecule has 1 rings (SSSR count). The van der Waals surface area contributed by atoms with Crippen molar-refractivity contribution in [3.8, 4) is 0 Å². The maximum atomic E-state index is 11.5. The molecular weight excluding hydrogens is 226 g/mol. The number of aromatic nitrogens is 1. The zero-order valence-electron chi connectivity index (χ0n) is 9.17. The molecule has 0 aromatic carbocycles. The standard InChI is InChI=1S/C10H13N3O4/c1-6(14)5-12-9(15)8-4-7(2-3-11-8)13-10(16)17/h2-4,6,14H,5H2,1H3,(H,11,13)(H,12,15)(H,16,17)/t6-/m1/s1. The predicted molar refractivity (Wildman–Crippen MR) is 59.9 cm³/mol. The van der Waals surface area contributed by atoms with Crippen molar-refractivity contribution < 1.29 is 19.8 Å². The number of rotatable bonds is 4. The van der Waals surface area contributed by atoms with E-state index in [4.69, 9.17) is 10.2 Å². The maximum Gasteiger partial charge on any atom is 0.409 e. The Bertz CT molecular complexity index is 420. The Balaban J connectivity index is 2.70. The zero-order valence-corrected chi connectivity index (χ0v) is 9.17. The molecule has 1 atom stereocenters. The van der Waals surface area contributed by atoms with Crippen LogP contribution in [-0.4, -0.2) is 39.8 Å². The van der Waals surface area contributed by atoms with Gasteiger partial charge >= 0.3 is 6.09 Å². The molecule has 2 amide bonds. The van der Waals surface area contributed by atoms with Gasteiger partial charge in [0.1, 0.15) is 5.69 Å². The van der Waals surface area contributed by atoms with E-state index in [0.29, 0.717) is 0 Å². The normalized spacial score (nSPS) is 11.6. The van der Waals surface area contributed by atoms with Crippen LogP contribution in [-0.2, 0) is 0 Å². The van der Waals surface area contributed by atoms with Gasteiger partial charge in [0.15, 0.2) is 0 Å².